The lowest BCUT2D eigenvalue weighted by atomic mass is 9.86. The fourth-order valence-electron chi connectivity index (χ4n) is 4.13. The summed E-state index contributed by atoms with van der Waals surface area (Å²) in [6, 6.07) is 9.19. The van der Waals surface area contributed by atoms with Crippen LogP contribution < -0.4 is 22.1 Å². The van der Waals surface area contributed by atoms with Crippen molar-refractivity contribution in [3.05, 3.63) is 70.2 Å². The van der Waals surface area contributed by atoms with Gasteiger partial charge in [0.05, 0.1) is 4.92 Å². The maximum atomic E-state index is 11.5. The van der Waals surface area contributed by atoms with Gasteiger partial charge in [-0.1, -0.05) is 12.1 Å². The first-order chi connectivity index (χ1) is 16.9. The number of carbonyl (C=O) groups excluding carboxylic acids is 1. The van der Waals surface area contributed by atoms with Crippen LogP contribution in [0.2, 0.25) is 0 Å². The summed E-state index contributed by atoms with van der Waals surface area (Å²) in [5.74, 6) is 0.370. The zero-order valence-corrected chi connectivity index (χ0v) is 19.2. The molecular formula is C24H28N8O3. The molecule has 0 unspecified atom stereocenters. The van der Waals surface area contributed by atoms with Crippen LogP contribution >= 0.6 is 0 Å². The molecule has 1 aliphatic carbocycles. The Labute approximate surface area is 202 Å². The Kier molecular flexibility index (Phi) is 7.46. The fraction of sp³-hybridized carbons (Fsp3) is 0.333. The minimum absolute atomic E-state index is 0.166. The SMILES string of the molecule is NC(=O)c1cccc(-c2cncc(CNc3ncc([N+](=O)[O-])c(NCC4CCC(N)CC4)n3)c2)c1. The third kappa shape index (κ3) is 6.27. The number of nitro groups is 1. The van der Waals surface area contributed by atoms with E-state index in [2.05, 4.69) is 25.6 Å². The summed E-state index contributed by atoms with van der Waals surface area (Å²) in [6.45, 7) is 0.953. The highest BCUT2D eigenvalue weighted by Crippen LogP contribution is 2.27. The lowest BCUT2D eigenvalue weighted by Crippen LogP contribution is -2.29. The largest absolute Gasteiger partial charge is 0.366 e. The number of benzene rings is 1. The molecule has 1 saturated carbocycles. The van der Waals surface area contributed by atoms with Gasteiger partial charge in [0.15, 0.2) is 0 Å². The third-order valence-electron chi connectivity index (χ3n) is 6.14. The van der Waals surface area contributed by atoms with E-state index in [0.717, 1.165) is 42.4 Å². The number of amides is 1. The molecule has 11 nitrogen and oxygen atoms in total. The average molecular weight is 477 g/mol. The predicted molar refractivity (Wildman–Crippen MR) is 133 cm³/mol. The van der Waals surface area contributed by atoms with Crippen LogP contribution in [-0.4, -0.2) is 38.4 Å². The molecule has 1 amide bonds. The van der Waals surface area contributed by atoms with Crippen LogP contribution in [0, 0.1) is 16.0 Å². The topological polar surface area (TPSA) is 175 Å². The number of pyridine rings is 1. The number of anilines is 2. The second-order valence-corrected chi connectivity index (χ2v) is 8.73. The maximum Gasteiger partial charge on any atom is 0.329 e. The van der Waals surface area contributed by atoms with Gasteiger partial charge in [-0.3, -0.25) is 19.9 Å². The number of hydrogen-bond donors (Lipinski definition) is 4. The van der Waals surface area contributed by atoms with Crippen molar-refractivity contribution in [2.24, 2.45) is 17.4 Å². The van der Waals surface area contributed by atoms with Gasteiger partial charge in [0.2, 0.25) is 17.7 Å². The molecule has 1 fully saturated rings. The van der Waals surface area contributed by atoms with Crippen LogP contribution in [0.3, 0.4) is 0 Å². The Morgan fingerprint density at radius 3 is 2.63 bits per heavy atom. The van der Waals surface area contributed by atoms with Crippen molar-refractivity contribution in [2.75, 3.05) is 17.2 Å². The van der Waals surface area contributed by atoms with E-state index in [1.54, 1.807) is 30.6 Å². The molecule has 0 spiro atoms. The van der Waals surface area contributed by atoms with E-state index in [9.17, 15) is 14.9 Å². The Morgan fingerprint density at radius 1 is 1.09 bits per heavy atom. The highest BCUT2D eigenvalue weighted by Gasteiger charge is 2.21. The number of primary amides is 1. The molecule has 35 heavy (non-hydrogen) atoms. The predicted octanol–water partition coefficient (Wildman–Crippen LogP) is 3.09. The second-order valence-electron chi connectivity index (χ2n) is 8.73. The maximum absolute atomic E-state index is 11.5. The van der Waals surface area contributed by atoms with Gasteiger partial charge in [0.1, 0.15) is 6.20 Å². The first-order valence-corrected chi connectivity index (χ1v) is 11.5. The molecule has 0 saturated heterocycles. The number of aromatic nitrogens is 3. The van der Waals surface area contributed by atoms with Gasteiger partial charge in [-0.15, -0.1) is 0 Å². The summed E-state index contributed by atoms with van der Waals surface area (Å²) in [7, 11) is 0. The molecule has 182 valence electrons. The number of nitrogens with one attached hydrogen (secondary N) is 2. The molecule has 4 rings (SSSR count). The quantitative estimate of drug-likeness (QED) is 0.267. The van der Waals surface area contributed by atoms with Crippen LogP contribution in [-0.2, 0) is 6.54 Å². The molecule has 11 heteroatoms. The smallest absolute Gasteiger partial charge is 0.329 e. The van der Waals surface area contributed by atoms with Crippen LogP contribution in [0.25, 0.3) is 11.1 Å². The summed E-state index contributed by atoms with van der Waals surface area (Å²) in [5.41, 5.74) is 14.1. The van der Waals surface area contributed by atoms with Crippen molar-refractivity contribution in [1.82, 2.24) is 15.0 Å². The first kappa shape index (κ1) is 24.0. The molecule has 1 aromatic carbocycles. The van der Waals surface area contributed by atoms with Crippen molar-refractivity contribution < 1.29 is 9.72 Å². The second kappa shape index (κ2) is 10.9. The van der Waals surface area contributed by atoms with E-state index in [4.69, 9.17) is 11.5 Å². The third-order valence-corrected chi connectivity index (χ3v) is 6.14. The molecule has 3 aromatic rings. The monoisotopic (exact) mass is 476 g/mol. The fourth-order valence-corrected chi connectivity index (χ4v) is 4.13. The Balaban J connectivity index is 1.44. The van der Waals surface area contributed by atoms with Gasteiger partial charge in [0, 0.05) is 42.7 Å². The van der Waals surface area contributed by atoms with Crippen molar-refractivity contribution in [3.63, 3.8) is 0 Å². The minimum atomic E-state index is -0.496. The van der Waals surface area contributed by atoms with Crippen molar-refractivity contribution in [2.45, 2.75) is 38.3 Å². The van der Waals surface area contributed by atoms with E-state index < -0.39 is 10.8 Å². The molecule has 0 radical (unpaired) electrons. The molecule has 0 bridgehead atoms. The Morgan fingerprint density at radius 2 is 1.89 bits per heavy atom. The Bertz CT molecular complexity index is 1210. The highest BCUT2D eigenvalue weighted by molar-refractivity contribution is 5.94. The van der Waals surface area contributed by atoms with E-state index in [-0.39, 0.29) is 23.5 Å². The van der Waals surface area contributed by atoms with Crippen molar-refractivity contribution in [1.29, 1.82) is 0 Å². The lowest BCUT2D eigenvalue weighted by molar-refractivity contribution is -0.384. The lowest BCUT2D eigenvalue weighted by Gasteiger charge is -2.26. The number of nitrogens with two attached hydrogens (primary N) is 2. The summed E-state index contributed by atoms with van der Waals surface area (Å²) in [5, 5.41) is 17.7. The van der Waals surface area contributed by atoms with Gasteiger partial charge >= 0.3 is 5.69 Å². The van der Waals surface area contributed by atoms with Gasteiger partial charge in [-0.25, -0.2) is 4.98 Å². The van der Waals surface area contributed by atoms with Gasteiger partial charge in [0.25, 0.3) is 0 Å². The van der Waals surface area contributed by atoms with Crippen LogP contribution in [0.15, 0.2) is 48.9 Å². The normalized spacial score (nSPS) is 17.5. The summed E-state index contributed by atoms with van der Waals surface area (Å²) < 4.78 is 0. The van der Waals surface area contributed by atoms with Crippen LogP contribution in [0.4, 0.5) is 17.5 Å². The van der Waals surface area contributed by atoms with Crippen LogP contribution in [0.1, 0.15) is 41.6 Å². The van der Waals surface area contributed by atoms with E-state index in [1.165, 1.54) is 6.20 Å². The number of carbonyl (C=O) groups is 1. The first-order valence-electron chi connectivity index (χ1n) is 11.5. The van der Waals surface area contributed by atoms with Gasteiger partial charge in [-0.05, 0) is 60.9 Å². The van der Waals surface area contributed by atoms with Gasteiger partial charge in [-0.2, -0.15) is 4.98 Å². The molecule has 0 aliphatic heterocycles. The average Bonchev–Trinajstić information content (AvgIpc) is 2.87. The minimum Gasteiger partial charge on any atom is -0.366 e. The molecule has 1 aliphatic rings. The molecule has 6 N–H and O–H groups in total. The zero-order valence-electron chi connectivity index (χ0n) is 19.2. The zero-order chi connectivity index (χ0) is 24.8. The standard InChI is InChI=1S/C24H28N8O3/c25-20-6-4-15(5-7-20)11-28-23-21(32(34)35)14-30-24(31-23)29-12-16-8-19(13-27-10-16)17-2-1-3-18(9-17)22(26)33/h1-3,8-10,13-15,20H,4-7,11-12,25H2,(H2,26,33)(H2,28,29,30,31). The summed E-state index contributed by atoms with van der Waals surface area (Å²) in [6.07, 6.45) is 8.51. The van der Waals surface area contributed by atoms with E-state index in [1.807, 2.05) is 12.1 Å². The van der Waals surface area contributed by atoms with Crippen LogP contribution in [0.5, 0.6) is 0 Å². The number of hydrogen-bond acceptors (Lipinski definition) is 9. The number of rotatable bonds is 9. The molecular weight excluding hydrogens is 448 g/mol. The molecule has 2 heterocycles. The van der Waals surface area contributed by atoms with E-state index >= 15 is 0 Å². The Hall–Kier alpha value is -4.12. The summed E-state index contributed by atoms with van der Waals surface area (Å²) >= 11 is 0. The van der Waals surface area contributed by atoms with Crippen molar-refractivity contribution in [3.8, 4) is 11.1 Å². The molecule has 2 aromatic heterocycles. The number of nitrogens with zero attached hydrogens (tertiary/aromatic N) is 4. The van der Waals surface area contributed by atoms with Gasteiger partial charge < -0.3 is 22.1 Å². The highest BCUT2D eigenvalue weighted by atomic mass is 16.6. The summed E-state index contributed by atoms with van der Waals surface area (Å²) in [4.78, 5) is 35.2. The van der Waals surface area contributed by atoms with E-state index in [0.29, 0.717) is 24.6 Å². The van der Waals surface area contributed by atoms with Crippen molar-refractivity contribution >= 4 is 23.4 Å². The molecule has 0 atom stereocenters.